The van der Waals surface area contributed by atoms with Crippen LogP contribution in [0.1, 0.15) is 33.1 Å². The largest absolute Gasteiger partial charge is 0.381 e. The fraction of sp³-hybridized carbons (Fsp3) is 1.00. The van der Waals surface area contributed by atoms with Gasteiger partial charge in [-0.25, -0.2) is 0 Å². The third kappa shape index (κ3) is 1.40. The molecule has 13 heavy (non-hydrogen) atoms. The highest BCUT2D eigenvalue weighted by atomic mass is 16.5. The molecule has 0 saturated carbocycles. The molecule has 2 nitrogen and oxygen atoms in total. The third-order valence-electron chi connectivity index (χ3n) is 4.18. The van der Waals surface area contributed by atoms with E-state index in [1.54, 1.807) is 0 Å². The van der Waals surface area contributed by atoms with Crippen molar-refractivity contribution < 1.29 is 4.74 Å². The molecule has 76 valence electrons. The molecule has 2 heteroatoms. The highest BCUT2D eigenvalue weighted by Gasteiger charge is 2.47. The van der Waals surface area contributed by atoms with Gasteiger partial charge in [-0.2, -0.15) is 0 Å². The van der Waals surface area contributed by atoms with Crippen LogP contribution in [0.4, 0.5) is 0 Å². The van der Waals surface area contributed by atoms with Gasteiger partial charge in [0, 0.05) is 25.1 Å². The van der Waals surface area contributed by atoms with Crippen LogP contribution in [0.15, 0.2) is 0 Å². The maximum absolute atomic E-state index is 5.46. The van der Waals surface area contributed by atoms with Gasteiger partial charge in [-0.3, -0.25) is 0 Å². The van der Waals surface area contributed by atoms with E-state index in [1.807, 2.05) is 0 Å². The first-order valence-corrected chi connectivity index (χ1v) is 5.63. The van der Waals surface area contributed by atoms with E-state index in [0.717, 1.165) is 25.2 Å². The van der Waals surface area contributed by atoms with Gasteiger partial charge in [0.25, 0.3) is 0 Å². The fourth-order valence-electron chi connectivity index (χ4n) is 2.93. The quantitative estimate of drug-likeness (QED) is 0.720. The first-order chi connectivity index (χ1) is 6.32. The van der Waals surface area contributed by atoms with Crippen molar-refractivity contribution in [2.45, 2.75) is 39.2 Å². The summed E-state index contributed by atoms with van der Waals surface area (Å²) in [5, 5.41) is 3.60. The summed E-state index contributed by atoms with van der Waals surface area (Å²) in [4.78, 5) is 0. The monoisotopic (exact) mass is 183 g/mol. The zero-order valence-corrected chi connectivity index (χ0v) is 8.81. The smallest absolute Gasteiger partial charge is 0.0510 e. The fourth-order valence-corrected chi connectivity index (χ4v) is 2.93. The van der Waals surface area contributed by atoms with Crippen LogP contribution in [0.25, 0.3) is 0 Å². The highest BCUT2D eigenvalue weighted by molar-refractivity contribution is 5.03. The first-order valence-electron chi connectivity index (χ1n) is 5.63. The summed E-state index contributed by atoms with van der Waals surface area (Å²) in [7, 11) is 0. The third-order valence-corrected chi connectivity index (χ3v) is 4.18. The van der Waals surface area contributed by atoms with E-state index in [9.17, 15) is 0 Å². The minimum Gasteiger partial charge on any atom is -0.381 e. The van der Waals surface area contributed by atoms with Crippen LogP contribution in [0.5, 0.6) is 0 Å². The molecule has 0 aliphatic carbocycles. The van der Waals surface area contributed by atoms with E-state index in [0.29, 0.717) is 5.41 Å². The van der Waals surface area contributed by atoms with Gasteiger partial charge < -0.3 is 10.1 Å². The van der Waals surface area contributed by atoms with Crippen molar-refractivity contribution >= 4 is 0 Å². The molecule has 0 radical (unpaired) electrons. The van der Waals surface area contributed by atoms with Gasteiger partial charge in [0.05, 0.1) is 6.61 Å². The highest BCUT2D eigenvalue weighted by Crippen LogP contribution is 2.42. The Morgan fingerprint density at radius 3 is 2.54 bits per heavy atom. The molecule has 0 aromatic rings. The van der Waals surface area contributed by atoms with Gasteiger partial charge in [0.15, 0.2) is 0 Å². The van der Waals surface area contributed by atoms with Crippen LogP contribution >= 0.6 is 0 Å². The lowest BCUT2D eigenvalue weighted by molar-refractivity contribution is 0.0250. The minimum absolute atomic E-state index is 0.596. The van der Waals surface area contributed by atoms with E-state index >= 15 is 0 Å². The van der Waals surface area contributed by atoms with Crippen LogP contribution in [-0.4, -0.2) is 25.8 Å². The number of hydrogen-bond donors (Lipinski definition) is 1. The van der Waals surface area contributed by atoms with Gasteiger partial charge in [0.2, 0.25) is 0 Å². The zero-order chi connectivity index (χ0) is 9.31. The second kappa shape index (κ2) is 3.58. The Bertz CT molecular complexity index is 165. The Morgan fingerprint density at radius 1 is 1.38 bits per heavy atom. The molecule has 2 fully saturated rings. The van der Waals surface area contributed by atoms with Crippen LogP contribution in [0, 0.1) is 11.3 Å². The molecule has 2 rings (SSSR count). The molecule has 0 aromatic carbocycles. The lowest BCUT2D eigenvalue weighted by Crippen LogP contribution is -2.65. The summed E-state index contributed by atoms with van der Waals surface area (Å²) >= 11 is 0. The van der Waals surface area contributed by atoms with Crippen molar-refractivity contribution in [2.75, 3.05) is 19.8 Å². The van der Waals surface area contributed by atoms with Gasteiger partial charge in [-0.15, -0.1) is 0 Å². The minimum atomic E-state index is 0.596. The average Bonchev–Trinajstić information content (AvgIpc) is 2.58. The summed E-state index contributed by atoms with van der Waals surface area (Å²) in [5.41, 5.74) is 0.596. The number of hydrogen-bond acceptors (Lipinski definition) is 2. The maximum atomic E-state index is 5.46. The lowest BCUT2D eigenvalue weighted by Gasteiger charge is -2.52. The predicted molar refractivity (Wildman–Crippen MR) is 53.7 cm³/mol. The van der Waals surface area contributed by atoms with Gasteiger partial charge >= 0.3 is 0 Å². The molecular formula is C11H21NO. The number of ether oxygens (including phenoxy) is 1. The molecule has 2 saturated heterocycles. The maximum Gasteiger partial charge on any atom is 0.0510 e. The molecule has 0 bridgehead atoms. The Labute approximate surface area is 81.0 Å². The van der Waals surface area contributed by atoms with E-state index in [1.165, 1.54) is 25.8 Å². The van der Waals surface area contributed by atoms with E-state index in [4.69, 9.17) is 4.74 Å². The number of rotatable bonds is 3. The topological polar surface area (TPSA) is 21.3 Å². The number of nitrogens with one attached hydrogen (secondary N) is 1. The second-order valence-electron chi connectivity index (χ2n) is 4.55. The van der Waals surface area contributed by atoms with Gasteiger partial charge in [0.1, 0.15) is 0 Å². The Kier molecular flexibility index (Phi) is 2.61. The molecule has 2 aliphatic heterocycles. The zero-order valence-electron chi connectivity index (χ0n) is 8.81. The lowest BCUT2D eigenvalue weighted by atomic mass is 9.65. The van der Waals surface area contributed by atoms with Crippen molar-refractivity contribution in [3.8, 4) is 0 Å². The van der Waals surface area contributed by atoms with Gasteiger partial charge in [-0.1, -0.05) is 13.8 Å². The van der Waals surface area contributed by atoms with Gasteiger partial charge in [-0.05, 0) is 24.7 Å². The van der Waals surface area contributed by atoms with Crippen LogP contribution in [0.2, 0.25) is 0 Å². The Morgan fingerprint density at radius 2 is 2.15 bits per heavy atom. The molecule has 1 N–H and O–H groups in total. The molecule has 0 aromatic heterocycles. The summed E-state index contributed by atoms with van der Waals surface area (Å²) in [6.07, 6.45) is 3.90. The van der Waals surface area contributed by atoms with E-state index in [2.05, 4.69) is 19.2 Å². The first kappa shape index (κ1) is 9.47. The molecule has 0 spiro atoms. The molecule has 2 atom stereocenters. The SMILES string of the molecule is CCC1(CC)CNC1C1CCOC1. The van der Waals surface area contributed by atoms with Crippen molar-refractivity contribution in [1.82, 2.24) is 5.32 Å². The van der Waals surface area contributed by atoms with Crippen molar-refractivity contribution in [3.63, 3.8) is 0 Å². The van der Waals surface area contributed by atoms with Crippen LogP contribution < -0.4 is 5.32 Å². The predicted octanol–water partition coefficient (Wildman–Crippen LogP) is 1.80. The van der Waals surface area contributed by atoms with E-state index < -0.39 is 0 Å². The summed E-state index contributed by atoms with van der Waals surface area (Å²) in [6.45, 7) is 7.84. The van der Waals surface area contributed by atoms with Crippen molar-refractivity contribution in [2.24, 2.45) is 11.3 Å². The Hall–Kier alpha value is -0.0800. The van der Waals surface area contributed by atoms with E-state index in [-0.39, 0.29) is 0 Å². The standard InChI is InChI=1S/C11H21NO/c1-3-11(4-2)8-12-10(11)9-5-6-13-7-9/h9-10,12H,3-8H2,1-2H3. The molecule has 2 heterocycles. The molecule has 2 aliphatic rings. The summed E-state index contributed by atoms with van der Waals surface area (Å²) in [6, 6.07) is 0.741. The van der Waals surface area contributed by atoms with Crippen LogP contribution in [-0.2, 0) is 4.74 Å². The normalized spacial score (nSPS) is 37.4. The second-order valence-corrected chi connectivity index (χ2v) is 4.55. The van der Waals surface area contributed by atoms with Crippen molar-refractivity contribution in [1.29, 1.82) is 0 Å². The van der Waals surface area contributed by atoms with Crippen molar-refractivity contribution in [3.05, 3.63) is 0 Å². The van der Waals surface area contributed by atoms with Crippen LogP contribution in [0.3, 0.4) is 0 Å². The molecular weight excluding hydrogens is 162 g/mol. The average molecular weight is 183 g/mol. The molecule has 0 amide bonds. The Balaban J connectivity index is 1.99. The molecule has 2 unspecified atom stereocenters. The summed E-state index contributed by atoms with van der Waals surface area (Å²) < 4.78 is 5.46. The summed E-state index contributed by atoms with van der Waals surface area (Å²) in [5.74, 6) is 0.786.